The second-order valence-corrected chi connectivity index (χ2v) is 12.7. The molecule has 2 heterocycles. The largest absolute Gasteiger partial charge is 0.531 e. The Bertz CT molecular complexity index is 458. The lowest BCUT2D eigenvalue weighted by molar-refractivity contribution is -0.0147. The molecule has 204 valence electrons. The van der Waals surface area contributed by atoms with Gasteiger partial charge in [-0.3, -0.25) is 0 Å². The molecule has 0 amide bonds. The van der Waals surface area contributed by atoms with Crippen molar-refractivity contribution in [3.8, 4) is 0 Å². The Morgan fingerprint density at radius 3 is 1.53 bits per heavy atom. The van der Waals surface area contributed by atoms with Crippen LogP contribution in [0.5, 0.6) is 0 Å². The van der Waals surface area contributed by atoms with Gasteiger partial charge in [-0.25, -0.2) is 0 Å². The highest BCUT2D eigenvalue weighted by molar-refractivity contribution is 6.62. The van der Waals surface area contributed by atoms with Gasteiger partial charge < -0.3 is 41.1 Å². The Hall–Kier alpha value is 0.0738. The zero-order valence-electron chi connectivity index (χ0n) is 22.5. The summed E-state index contributed by atoms with van der Waals surface area (Å²) >= 11 is 0. The van der Waals surface area contributed by atoms with Gasteiger partial charge in [-0.05, 0) is 47.5 Å². The quantitative estimate of drug-likeness (QED) is 0.165. The molecule has 0 N–H and O–H groups in total. The number of rotatable bonds is 21. The summed E-state index contributed by atoms with van der Waals surface area (Å²) in [6.45, 7) is 20.3. The van der Waals surface area contributed by atoms with E-state index in [2.05, 4.69) is 13.8 Å². The average molecular weight is 527 g/mol. The van der Waals surface area contributed by atoms with E-state index in [4.69, 9.17) is 41.1 Å². The molecule has 0 radical (unpaired) electrons. The molecular weight excluding hydrogens is 476 g/mol. The normalized spacial score (nSPS) is 21.2. The van der Waals surface area contributed by atoms with Crippen LogP contribution in [0.3, 0.4) is 0 Å². The standard InChI is InChI=1S/C12H26O5Si.C11H24O4Si/c1-5-12(14-10-11-9-13-11)18(15-6-2,16-7-3)17-8-4;1-4-10(12-7-11-8-13-11)9-16(14-5-2)15-6-3/h11-12H,5-10H2,1-4H3;10-11,16H,4-9H2,1-3H3. The summed E-state index contributed by atoms with van der Waals surface area (Å²) in [5, 5.41) is 0. The van der Waals surface area contributed by atoms with E-state index >= 15 is 0 Å². The molecule has 0 aromatic carbocycles. The van der Waals surface area contributed by atoms with Gasteiger partial charge in [0.25, 0.3) is 0 Å². The molecule has 0 bridgehead atoms. The first-order valence-corrected chi connectivity index (χ1v) is 16.7. The molecule has 9 nitrogen and oxygen atoms in total. The Labute approximate surface area is 210 Å². The molecule has 11 heteroatoms. The van der Waals surface area contributed by atoms with Gasteiger partial charge >= 0.3 is 18.1 Å². The third kappa shape index (κ3) is 13.4. The highest BCUT2D eigenvalue weighted by Crippen LogP contribution is 2.22. The van der Waals surface area contributed by atoms with Crippen LogP contribution < -0.4 is 0 Å². The molecule has 4 unspecified atom stereocenters. The van der Waals surface area contributed by atoms with Crippen LogP contribution in [0.4, 0.5) is 0 Å². The fourth-order valence-corrected chi connectivity index (χ4v) is 8.22. The lowest BCUT2D eigenvalue weighted by Crippen LogP contribution is -2.57. The number of hydrogen-bond acceptors (Lipinski definition) is 9. The summed E-state index contributed by atoms with van der Waals surface area (Å²) in [4.78, 5) is 0. The molecule has 4 atom stereocenters. The topological polar surface area (TPSA) is 89.7 Å². The van der Waals surface area contributed by atoms with Crippen LogP contribution in [0.1, 0.15) is 61.3 Å². The third-order valence-electron chi connectivity index (χ3n) is 5.22. The van der Waals surface area contributed by atoms with Gasteiger partial charge in [0.2, 0.25) is 0 Å². The van der Waals surface area contributed by atoms with Crippen LogP contribution in [0.25, 0.3) is 0 Å². The van der Waals surface area contributed by atoms with Gasteiger partial charge in [-0.2, -0.15) is 0 Å². The van der Waals surface area contributed by atoms with Gasteiger partial charge in [0.15, 0.2) is 0 Å². The van der Waals surface area contributed by atoms with E-state index < -0.39 is 18.1 Å². The van der Waals surface area contributed by atoms with Crippen LogP contribution >= 0.6 is 0 Å². The summed E-state index contributed by atoms with van der Waals surface area (Å²) in [6.07, 6.45) is 2.68. The summed E-state index contributed by atoms with van der Waals surface area (Å²) in [5.41, 5.74) is -0.110. The number of epoxide rings is 2. The molecular formula is C23H50O9Si2. The van der Waals surface area contributed by atoms with Gasteiger partial charge in [-0.15, -0.1) is 0 Å². The minimum absolute atomic E-state index is 0.110. The van der Waals surface area contributed by atoms with Crippen molar-refractivity contribution >= 4 is 18.1 Å². The number of ether oxygens (including phenoxy) is 4. The molecule has 0 saturated carbocycles. The van der Waals surface area contributed by atoms with Gasteiger partial charge in [0.05, 0.1) is 32.5 Å². The zero-order chi connectivity index (χ0) is 25.2. The maximum Gasteiger partial charge on any atom is 0.531 e. The fourth-order valence-electron chi connectivity index (χ4n) is 3.40. The first-order valence-electron chi connectivity index (χ1n) is 13.1. The fraction of sp³-hybridized carbons (Fsp3) is 1.00. The molecule has 2 fully saturated rings. The summed E-state index contributed by atoms with van der Waals surface area (Å²) < 4.78 is 50.8. The number of hydrogen-bond donors (Lipinski definition) is 0. The SMILES string of the molecule is CCO[SiH](CC(CC)OCC1CO1)OCC.CCO[Si](OCC)(OCC)C(CC)OCC1CO1. The van der Waals surface area contributed by atoms with Crippen LogP contribution in [-0.2, 0) is 41.1 Å². The molecule has 2 aliphatic rings. The maximum absolute atomic E-state index is 5.90. The van der Waals surface area contributed by atoms with E-state index in [1.807, 2.05) is 34.6 Å². The van der Waals surface area contributed by atoms with Crippen molar-refractivity contribution in [2.24, 2.45) is 0 Å². The van der Waals surface area contributed by atoms with Crippen LogP contribution in [0.2, 0.25) is 6.04 Å². The van der Waals surface area contributed by atoms with Crippen LogP contribution in [-0.4, -0.2) is 102 Å². The molecule has 0 spiro atoms. The predicted molar refractivity (Wildman–Crippen MR) is 135 cm³/mol. The average Bonchev–Trinajstić information content (AvgIpc) is 3.74. The van der Waals surface area contributed by atoms with E-state index in [9.17, 15) is 0 Å². The second kappa shape index (κ2) is 19.2. The monoisotopic (exact) mass is 526 g/mol. The van der Waals surface area contributed by atoms with Crippen molar-refractivity contribution < 1.29 is 41.1 Å². The summed E-state index contributed by atoms with van der Waals surface area (Å²) in [6, 6.07) is 0.935. The summed E-state index contributed by atoms with van der Waals surface area (Å²) in [5.74, 6) is 0. The smallest absolute Gasteiger partial charge is 0.397 e. The third-order valence-corrected chi connectivity index (χ3v) is 11.0. The van der Waals surface area contributed by atoms with Crippen LogP contribution in [0, 0.1) is 0 Å². The molecule has 0 aromatic rings. The molecule has 2 rings (SSSR count). The molecule has 0 aliphatic carbocycles. The van der Waals surface area contributed by atoms with Crippen molar-refractivity contribution in [2.75, 3.05) is 59.5 Å². The van der Waals surface area contributed by atoms with E-state index in [0.29, 0.717) is 32.5 Å². The minimum atomic E-state index is -2.74. The lowest BCUT2D eigenvalue weighted by atomic mass is 10.3. The molecule has 2 saturated heterocycles. The Morgan fingerprint density at radius 2 is 1.18 bits per heavy atom. The van der Waals surface area contributed by atoms with E-state index in [0.717, 1.165) is 51.9 Å². The molecule has 34 heavy (non-hydrogen) atoms. The van der Waals surface area contributed by atoms with Crippen molar-refractivity contribution in [3.05, 3.63) is 0 Å². The van der Waals surface area contributed by atoms with Gasteiger partial charge in [-0.1, -0.05) is 13.8 Å². The Kier molecular flexibility index (Phi) is 18.1. The minimum Gasteiger partial charge on any atom is -0.397 e. The van der Waals surface area contributed by atoms with Crippen LogP contribution in [0.15, 0.2) is 0 Å². The predicted octanol–water partition coefficient (Wildman–Crippen LogP) is 3.24. The Balaban J connectivity index is 0.000000342. The van der Waals surface area contributed by atoms with E-state index in [-0.39, 0.29) is 17.9 Å². The first-order chi connectivity index (χ1) is 16.5. The maximum atomic E-state index is 5.90. The first kappa shape index (κ1) is 32.1. The van der Waals surface area contributed by atoms with Crippen molar-refractivity contribution in [1.82, 2.24) is 0 Å². The van der Waals surface area contributed by atoms with Crippen molar-refractivity contribution in [1.29, 1.82) is 0 Å². The van der Waals surface area contributed by atoms with Crippen molar-refractivity contribution in [3.63, 3.8) is 0 Å². The highest BCUT2D eigenvalue weighted by atomic mass is 28.4. The summed E-state index contributed by atoms with van der Waals surface area (Å²) in [7, 11) is -4.26. The molecule has 0 aromatic heterocycles. The van der Waals surface area contributed by atoms with E-state index in [1.54, 1.807) is 0 Å². The zero-order valence-corrected chi connectivity index (χ0v) is 24.7. The van der Waals surface area contributed by atoms with Crippen molar-refractivity contribution in [2.45, 2.75) is 91.4 Å². The van der Waals surface area contributed by atoms with Gasteiger partial charge in [0, 0.05) is 39.1 Å². The molecule has 2 aliphatic heterocycles. The van der Waals surface area contributed by atoms with E-state index in [1.165, 1.54) is 0 Å². The second-order valence-electron chi connectivity index (χ2n) is 7.98. The highest BCUT2D eigenvalue weighted by Gasteiger charge is 2.50. The lowest BCUT2D eigenvalue weighted by Gasteiger charge is -2.34. The van der Waals surface area contributed by atoms with Gasteiger partial charge in [0.1, 0.15) is 17.9 Å². The Morgan fingerprint density at radius 1 is 0.706 bits per heavy atom.